The van der Waals surface area contributed by atoms with Crippen LogP contribution in [0.15, 0.2) is 23.1 Å². The predicted molar refractivity (Wildman–Crippen MR) is 75.3 cm³/mol. The van der Waals surface area contributed by atoms with Crippen LogP contribution in [0.3, 0.4) is 0 Å². The molecule has 0 radical (unpaired) electrons. The lowest BCUT2D eigenvalue weighted by molar-refractivity contribution is -0.123. The van der Waals surface area contributed by atoms with Crippen LogP contribution < -0.4 is 5.73 Å². The van der Waals surface area contributed by atoms with Crippen LogP contribution in [0.1, 0.15) is 6.92 Å². The standard InChI is InChI=1S/C13H17F2N3O3S/c1-9(13(16)19)17-4-6-18(7-5-17)22(20,21)12-3-2-10(14)8-11(12)15/h2-3,8-9H,4-7H2,1H3,(H2,16,19)/t9-/m0/s1. The maximum Gasteiger partial charge on any atom is 0.246 e. The van der Waals surface area contributed by atoms with Crippen molar-refractivity contribution in [3.8, 4) is 0 Å². The molecule has 1 atom stereocenters. The third kappa shape index (κ3) is 3.26. The number of hydrogen-bond donors (Lipinski definition) is 1. The van der Waals surface area contributed by atoms with Gasteiger partial charge in [-0.1, -0.05) is 0 Å². The number of amides is 1. The molecule has 1 aliphatic rings. The zero-order chi connectivity index (χ0) is 16.5. The number of benzene rings is 1. The summed E-state index contributed by atoms with van der Waals surface area (Å²) in [5.41, 5.74) is 5.21. The molecule has 1 aliphatic heterocycles. The van der Waals surface area contributed by atoms with Crippen molar-refractivity contribution in [2.24, 2.45) is 5.73 Å². The van der Waals surface area contributed by atoms with E-state index in [4.69, 9.17) is 5.73 Å². The number of primary amides is 1. The maximum atomic E-state index is 13.7. The van der Waals surface area contributed by atoms with Gasteiger partial charge >= 0.3 is 0 Å². The lowest BCUT2D eigenvalue weighted by atomic mass is 10.2. The number of nitrogens with zero attached hydrogens (tertiary/aromatic N) is 2. The van der Waals surface area contributed by atoms with E-state index in [-0.39, 0.29) is 13.1 Å². The van der Waals surface area contributed by atoms with Gasteiger partial charge in [-0.15, -0.1) is 0 Å². The molecular weight excluding hydrogens is 316 g/mol. The molecule has 22 heavy (non-hydrogen) atoms. The first kappa shape index (κ1) is 16.8. The van der Waals surface area contributed by atoms with Crippen molar-refractivity contribution in [1.82, 2.24) is 9.21 Å². The van der Waals surface area contributed by atoms with E-state index in [0.29, 0.717) is 19.2 Å². The third-order valence-electron chi connectivity index (χ3n) is 3.74. The van der Waals surface area contributed by atoms with Crippen molar-refractivity contribution in [2.45, 2.75) is 17.9 Å². The molecule has 0 aromatic heterocycles. The fraction of sp³-hybridized carbons (Fsp3) is 0.462. The average molecular weight is 333 g/mol. The van der Waals surface area contributed by atoms with Crippen LogP contribution in [0.5, 0.6) is 0 Å². The second-order valence-electron chi connectivity index (χ2n) is 5.09. The Bertz CT molecular complexity index is 673. The minimum atomic E-state index is -4.03. The molecule has 1 heterocycles. The number of halogens is 2. The summed E-state index contributed by atoms with van der Waals surface area (Å²) in [6, 6.07) is 1.87. The van der Waals surface area contributed by atoms with Crippen LogP contribution >= 0.6 is 0 Å². The maximum absolute atomic E-state index is 13.7. The Morgan fingerprint density at radius 1 is 1.23 bits per heavy atom. The molecule has 1 aromatic rings. The third-order valence-corrected chi connectivity index (χ3v) is 5.68. The number of rotatable bonds is 4. The molecule has 1 fully saturated rings. The average Bonchev–Trinajstić information content (AvgIpc) is 2.46. The normalized spacial score (nSPS) is 19.0. The highest BCUT2D eigenvalue weighted by Gasteiger charge is 2.32. The Balaban J connectivity index is 2.14. The summed E-state index contributed by atoms with van der Waals surface area (Å²) in [6.07, 6.45) is 0. The number of carbonyl (C=O) groups is 1. The summed E-state index contributed by atoms with van der Waals surface area (Å²) >= 11 is 0. The topological polar surface area (TPSA) is 83.7 Å². The summed E-state index contributed by atoms with van der Waals surface area (Å²) in [6.45, 7) is 2.48. The van der Waals surface area contributed by atoms with Crippen molar-refractivity contribution in [3.05, 3.63) is 29.8 Å². The molecule has 2 N–H and O–H groups in total. The molecule has 1 amide bonds. The minimum absolute atomic E-state index is 0.108. The highest BCUT2D eigenvalue weighted by Crippen LogP contribution is 2.21. The lowest BCUT2D eigenvalue weighted by Crippen LogP contribution is -2.54. The molecule has 0 spiro atoms. The fourth-order valence-electron chi connectivity index (χ4n) is 2.33. The number of nitrogens with two attached hydrogens (primary N) is 1. The first-order valence-electron chi connectivity index (χ1n) is 6.72. The van der Waals surface area contributed by atoms with E-state index in [1.165, 1.54) is 0 Å². The largest absolute Gasteiger partial charge is 0.368 e. The molecule has 9 heteroatoms. The van der Waals surface area contributed by atoms with Crippen LogP contribution in [-0.4, -0.2) is 55.8 Å². The molecule has 6 nitrogen and oxygen atoms in total. The molecule has 0 saturated carbocycles. The molecule has 2 rings (SSSR count). The zero-order valence-corrected chi connectivity index (χ0v) is 12.8. The Labute approximate surface area is 127 Å². The summed E-state index contributed by atoms with van der Waals surface area (Å²) < 4.78 is 52.5. The van der Waals surface area contributed by atoms with E-state index in [1.54, 1.807) is 11.8 Å². The molecular formula is C13H17F2N3O3S. The quantitative estimate of drug-likeness (QED) is 0.850. The van der Waals surface area contributed by atoms with E-state index in [1.807, 2.05) is 0 Å². The van der Waals surface area contributed by atoms with Crippen LogP contribution in [0.2, 0.25) is 0 Å². The van der Waals surface area contributed by atoms with E-state index in [9.17, 15) is 22.0 Å². The Hall–Kier alpha value is -1.58. The number of hydrogen-bond acceptors (Lipinski definition) is 4. The van der Waals surface area contributed by atoms with Crippen LogP contribution in [0.25, 0.3) is 0 Å². The van der Waals surface area contributed by atoms with Gasteiger partial charge < -0.3 is 5.73 Å². The summed E-state index contributed by atoms with van der Waals surface area (Å²) in [5, 5.41) is 0. The van der Waals surface area contributed by atoms with Gasteiger partial charge in [0.05, 0.1) is 6.04 Å². The zero-order valence-electron chi connectivity index (χ0n) is 12.0. The molecule has 0 unspecified atom stereocenters. The van der Waals surface area contributed by atoms with Crippen molar-refractivity contribution in [3.63, 3.8) is 0 Å². The Morgan fingerprint density at radius 3 is 2.32 bits per heavy atom. The second-order valence-corrected chi connectivity index (χ2v) is 7.00. The molecule has 1 aromatic carbocycles. The predicted octanol–water partition coefficient (Wildman–Crippen LogP) is 0.145. The highest BCUT2D eigenvalue weighted by atomic mass is 32.2. The van der Waals surface area contributed by atoms with Gasteiger partial charge in [-0.2, -0.15) is 4.31 Å². The summed E-state index contributed by atoms with van der Waals surface area (Å²) in [5.74, 6) is -2.44. The van der Waals surface area contributed by atoms with Gasteiger partial charge in [0.1, 0.15) is 16.5 Å². The van der Waals surface area contributed by atoms with Gasteiger partial charge in [-0.05, 0) is 19.1 Å². The minimum Gasteiger partial charge on any atom is -0.368 e. The molecule has 122 valence electrons. The molecule has 0 aliphatic carbocycles. The SMILES string of the molecule is C[C@@H](C(N)=O)N1CCN(S(=O)(=O)c2ccc(F)cc2F)CC1. The Kier molecular flexibility index (Phi) is 4.78. The van der Waals surface area contributed by atoms with E-state index >= 15 is 0 Å². The smallest absolute Gasteiger partial charge is 0.246 e. The van der Waals surface area contributed by atoms with Crippen LogP contribution in [0, 0.1) is 11.6 Å². The first-order valence-corrected chi connectivity index (χ1v) is 8.16. The molecule has 1 saturated heterocycles. The van der Waals surface area contributed by atoms with Gasteiger partial charge in [0.2, 0.25) is 15.9 Å². The van der Waals surface area contributed by atoms with E-state index in [0.717, 1.165) is 16.4 Å². The number of piperazine rings is 1. The highest BCUT2D eigenvalue weighted by molar-refractivity contribution is 7.89. The van der Waals surface area contributed by atoms with Gasteiger partial charge in [-0.25, -0.2) is 17.2 Å². The van der Waals surface area contributed by atoms with Gasteiger partial charge in [0, 0.05) is 32.2 Å². The summed E-state index contributed by atoms with van der Waals surface area (Å²) in [7, 11) is -4.03. The molecule has 0 bridgehead atoms. The Morgan fingerprint density at radius 2 is 1.82 bits per heavy atom. The van der Waals surface area contributed by atoms with Crippen molar-refractivity contribution >= 4 is 15.9 Å². The van der Waals surface area contributed by atoms with E-state index in [2.05, 4.69) is 0 Å². The lowest BCUT2D eigenvalue weighted by Gasteiger charge is -2.36. The van der Waals surface area contributed by atoms with Crippen LogP contribution in [0.4, 0.5) is 8.78 Å². The van der Waals surface area contributed by atoms with Crippen molar-refractivity contribution in [2.75, 3.05) is 26.2 Å². The first-order chi connectivity index (χ1) is 10.2. The van der Waals surface area contributed by atoms with Gasteiger partial charge in [0.25, 0.3) is 0 Å². The number of carbonyl (C=O) groups excluding carboxylic acids is 1. The fourth-order valence-corrected chi connectivity index (χ4v) is 3.80. The van der Waals surface area contributed by atoms with Gasteiger partial charge in [-0.3, -0.25) is 9.69 Å². The second kappa shape index (κ2) is 6.27. The number of sulfonamides is 1. The summed E-state index contributed by atoms with van der Waals surface area (Å²) in [4.78, 5) is 12.3. The van der Waals surface area contributed by atoms with Crippen molar-refractivity contribution < 1.29 is 22.0 Å². The monoisotopic (exact) mass is 333 g/mol. The van der Waals surface area contributed by atoms with Crippen molar-refractivity contribution in [1.29, 1.82) is 0 Å². The van der Waals surface area contributed by atoms with Gasteiger partial charge in [0.15, 0.2) is 0 Å². The van der Waals surface area contributed by atoms with Crippen LogP contribution in [-0.2, 0) is 14.8 Å². The van der Waals surface area contributed by atoms with E-state index < -0.39 is 38.5 Å².